The molecular weight excluding hydrogens is 336 g/mol. The molecule has 0 saturated heterocycles. The zero-order valence-corrected chi connectivity index (χ0v) is 14.0. The topological polar surface area (TPSA) is 120 Å². The van der Waals surface area contributed by atoms with Gasteiger partial charge in [-0.1, -0.05) is 0 Å². The Morgan fingerprint density at radius 3 is 1.22 bits per heavy atom. The highest BCUT2D eigenvalue weighted by Crippen LogP contribution is 2.17. The van der Waals surface area contributed by atoms with E-state index in [9.17, 15) is 16.8 Å². The molecule has 6 nitrogen and oxygen atoms in total. The first-order valence-corrected chi connectivity index (χ1v) is 10.2. The lowest BCUT2D eigenvalue weighted by Crippen LogP contribution is -2.13. The summed E-state index contributed by atoms with van der Waals surface area (Å²) in [6.45, 7) is 0. The molecule has 0 atom stereocenters. The SMILES string of the molecule is Nc1ccc(S(=O)(=O)CCCS(=O)(=O)c2ccc(N)cc2)cc1. The van der Waals surface area contributed by atoms with Crippen LogP contribution in [0.3, 0.4) is 0 Å². The molecule has 0 heterocycles. The van der Waals surface area contributed by atoms with Crippen LogP contribution in [0.25, 0.3) is 0 Å². The summed E-state index contributed by atoms with van der Waals surface area (Å²) in [5.41, 5.74) is 12.0. The minimum absolute atomic E-state index is 0.0133. The maximum Gasteiger partial charge on any atom is 0.178 e. The maximum absolute atomic E-state index is 12.2. The molecule has 0 aromatic heterocycles. The van der Waals surface area contributed by atoms with E-state index >= 15 is 0 Å². The number of nitrogens with two attached hydrogens (primary N) is 2. The molecule has 2 rings (SSSR count). The fourth-order valence-electron chi connectivity index (χ4n) is 2.02. The summed E-state index contributed by atoms with van der Waals surface area (Å²) in [5.74, 6) is -0.490. The Morgan fingerprint density at radius 1 is 0.609 bits per heavy atom. The summed E-state index contributed by atoms with van der Waals surface area (Å²) in [7, 11) is -7.06. The van der Waals surface area contributed by atoms with Gasteiger partial charge < -0.3 is 11.5 Å². The number of hydrogen-bond acceptors (Lipinski definition) is 6. The second-order valence-corrected chi connectivity index (χ2v) is 9.35. The largest absolute Gasteiger partial charge is 0.399 e. The molecule has 2 aromatic carbocycles. The average Bonchev–Trinajstić information content (AvgIpc) is 2.47. The smallest absolute Gasteiger partial charge is 0.178 e. The molecule has 0 radical (unpaired) electrons. The van der Waals surface area contributed by atoms with Gasteiger partial charge in [0.2, 0.25) is 0 Å². The monoisotopic (exact) mass is 354 g/mol. The van der Waals surface area contributed by atoms with Crippen LogP contribution in [-0.2, 0) is 19.7 Å². The van der Waals surface area contributed by atoms with E-state index in [0.717, 1.165) is 0 Å². The number of rotatable bonds is 6. The highest BCUT2D eigenvalue weighted by molar-refractivity contribution is 7.92. The predicted molar refractivity (Wildman–Crippen MR) is 90.4 cm³/mol. The summed E-state index contributed by atoms with van der Waals surface area (Å²) in [6, 6.07) is 11.7. The average molecular weight is 354 g/mol. The van der Waals surface area contributed by atoms with E-state index in [1.54, 1.807) is 0 Å². The number of nitrogen functional groups attached to an aromatic ring is 2. The van der Waals surface area contributed by atoms with E-state index in [0.29, 0.717) is 11.4 Å². The van der Waals surface area contributed by atoms with Gasteiger partial charge in [-0.25, -0.2) is 16.8 Å². The van der Waals surface area contributed by atoms with E-state index in [1.165, 1.54) is 48.5 Å². The van der Waals surface area contributed by atoms with Crippen molar-refractivity contribution >= 4 is 31.0 Å². The Kier molecular flexibility index (Phi) is 4.96. The predicted octanol–water partition coefficient (Wildman–Crippen LogP) is 1.49. The molecule has 4 N–H and O–H groups in total. The third-order valence-electron chi connectivity index (χ3n) is 3.30. The summed E-state index contributed by atoms with van der Waals surface area (Å²) in [6.07, 6.45) is 0.0133. The lowest BCUT2D eigenvalue weighted by atomic mass is 10.3. The van der Waals surface area contributed by atoms with Crippen LogP contribution in [0, 0.1) is 0 Å². The van der Waals surface area contributed by atoms with Crippen LogP contribution in [0.4, 0.5) is 11.4 Å². The molecule has 8 heteroatoms. The molecule has 0 amide bonds. The third kappa shape index (κ3) is 4.46. The van der Waals surface area contributed by atoms with Gasteiger partial charge in [0.15, 0.2) is 19.7 Å². The minimum Gasteiger partial charge on any atom is -0.399 e. The van der Waals surface area contributed by atoms with E-state index in [2.05, 4.69) is 0 Å². The number of benzene rings is 2. The third-order valence-corrected chi connectivity index (χ3v) is 6.94. The van der Waals surface area contributed by atoms with Crippen molar-refractivity contribution in [2.75, 3.05) is 23.0 Å². The van der Waals surface area contributed by atoms with E-state index < -0.39 is 19.7 Å². The van der Waals surface area contributed by atoms with Crippen LogP contribution in [-0.4, -0.2) is 28.3 Å². The maximum atomic E-state index is 12.2. The highest BCUT2D eigenvalue weighted by Gasteiger charge is 2.18. The molecule has 23 heavy (non-hydrogen) atoms. The molecule has 2 aromatic rings. The molecule has 0 spiro atoms. The fourth-order valence-corrected chi connectivity index (χ4v) is 4.83. The van der Waals surface area contributed by atoms with E-state index in [-0.39, 0.29) is 27.7 Å². The molecule has 0 fully saturated rings. The van der Waals surface area contributed by atoms with Crippen LogP contribution in [0.5, 0.6) is 0 Å². The fraction of sp³-hybridized carbons (Fsp3) is 0.200. The number of sulfone groups is 2. The molecule has 0 aliphatic heterocycles. The van der Waals surface area contributed by atoms with Crippen molar-refractivity contribution in [1.29, 1.82) is 0 Å². The summed E-state index contributed by atoms with van der Waals surface area (Å²) >= 11 is 0. The van der Waals surface area contributed by atoms with E-state index in [4.69, 9.17) is 11.5 Å². The first-order valence-electron chi connectivity index (χ1n) is 6.87. The summed E-state index contributed by atoms with van der Waals surface area (Å²) < 4.78 is 48.6. The van der Waals surface area contributed by atoms with Crippen LogP contribution < -0.4 is 11.5 Å². The van der Waals surface area contributed by atoms with Gasteiger partial charge in [-0.15, -0.1) is 0 Å². The van der Waals surface area contributed by atoms with Crippen molar-refractivity contribution in [3.05, 3.63) is 48.5 Å². The zero-order chi connectivity index (χ0) is 17.1. The Hall–Kier alpha value is -2.06. The molecule has 124 valence electrons. The number of hydrogen-bond donors (Lipinski definition) is 2. The molecule has 0 saturated carbocycles. The second-order valence-electron chi connectivity index (χ2n) is 5.13. The quantitative estimate of drug-likeness (QED) is 0.758. The Balaban J connectivity index is 2.03. The number of anilines is 2. The van der Waals surface area contributed by atoms with E-state index in [1.807, 2.05) is 0 Å². The highest BCUT2D eigenvalue weighted by atomic mass is 32.2. The van der Waals surface area contributed by atoms with Crippen molar-refractivity contribution in [3.8, 4) is 0 Å². The summed E-state index contributed by atoms with van der Waals surface area (Å²) in [5, 5.41) is 0. The van der Waals surface area contributed by atoms with Crippen molar-refractivity contribution in [2.45, 2.75) is 16.2 Å². The standard InChI is InChI=1S/C15H18N2O4S2/c16-12-2-6-14(7-3-12)22(18,19)10-1-11-23(20,21)15-8-4-13(17)5-9-15/h2-9H,1,10-11,16-17H2. The first kappa shape index (κ1) is 17.3. The van der Waals surface area contributed by atoms with Gasteiger partial charge in [0.25, 0.3) is 0 Å². The van der Waals surface area contributed by atoms with Crippen molar-refractivity contribution in [2.24, 2.45) is 0 Å². The van der Waals surface area contributed by atoms with Gasteiger partial charge in [-0.05, 0) is 55.0 Å². The molecular formula is C15H18N2O4S2. The summed E-state index contributed by atoms with van der Waals surface area (Å²) in [4.78, 5) is 0.271. The van der Waals surface area contributed by atoms with Gasteiger partial charge in [0.05, 0.1) is 21.3 Å². The molecule has 0 unspecified atom stereocenters. The van der Waals surface area contributed by atoms with Crippen molar-refractivity contribution in [3.63, 3.8) is 0 Å². The molecule has 0 aliphatic carbocycles. The first-order chi connectivity index (χ1) is 10.7. The zero-order valence-electron chi connectivity index (χ0n) is 12.3. The van der Waals surface area contributed by atoms with Gasteiger partial charge in [0, 0.05) is 11.4 Å². The Labute approximate surface area is 136 Å². The normalized spacial score (nSPS) is 12.2. The second kappa shape index (κ2) is 6.59. The van der Waals surface area contributed by atoms with Crippen molar-refractivity contribution in [1.82, 2.24) is 0 Å². The van der Waals surface area contributed by atoms with Gasteiger partial charge in [0.1, 0.15) is 0 Å². The Bertz CT molecular complexity index is 797. The van der Waals surface area contributed by atoms with Crippen LogP contribution in [0.15, 0.2) is 58.3 Å². The Morgan fingerprint density at radius 2 is 0.913 bits per heavy atom. The molecule has 0 aliphatic rings. The van der Waals surface area contributed by atoms with Crippen molar-refractivity contribution < 1.29 is 16.8 Å². The van der Waals surface area contributed by atoms with Crippen LogP contribution >= 0.6 is 0 Å². The van der Waals surface area contributed by atoms with Gasteiger partial charge in [-0.3, -0.25) is 0 Å². The minimum atomic E-state index is -3.53. The lowest BCUT2D eigenvalue weighted by molar-refractivity contribution is 0.590. The van der Waals surface area contributed by atoms with Crippen LogP contribution in [0.2, 0.25) is 0 Å². The van der Waals surface area contributed by atoms with Crippen LogP contribution in [0.1, 0.15) is 6.42 Å². The van der Waals surface area contributed by atoms with Gasteiger partial charge in [-0.2, -0.15) is 0 Å². The lowest BCUT2D eigenvalue weighted by Gasteiger charge is -2.07. The van der Waals surface area contributed by atoms with Gasteiger partial charge >= 0.3 is 0 Å². The molecule has 0 bridgehead atoms.